The number of hydrogen-bond donors (Lipinski definition) is 0. The van der Waals surface area contributed by atoms with E-state index in [1.54, 1.807) is 7.11 Å². The Labute approximate surface area is 175 Å². The Kier molecular flexibility index (Phi) is 4.71. The van der Waals surface area contributed by atoms with Crippen LogP contribution in [0.25, 0.3) is 0 Å². The van der Waals surface area contributed by atoms with Crippen molar-refractivity contribution in [3.63, 3.8) is 0 Å². The fourth-order valence-corrected chi connectivity index (χ4v) is 4.10. The zero-order valence-electron chi connectivity index (χ0n) is 16.7. The Morgan fingerprint density at radius 2 is 1.77 bits per heavy atom. The SMILES string of the molecule is COc1ccc(C2=NN(c3ccccc3)C(=O)C2)cc1OC1CCc2ccccc21. The molecule has 5 nitrogen and oxygen atoms in total. The van der Waals surface area contributed by atoms with E-state index in [4.69, 9.17) is 9.47 Å². The first-order valence-corrected chi connectivity index (χ1v) is 10.1. The van der Waals surface area contributed by atoms with Crippen LogP contribution in [0.4, 0.5) is 5.69 Å². The Morgan fingerprint density at radius 3 is 2.60 bits per heavy atom. The lowest BCUT2D eigenvalue weighted by molar-refractivity contribution is -0.116. The number of nitrogens with zero attached hydrogens (tertiary/aromatic N) is 2. The van der Waals surface area contributed by atoms with Crippen molar-refractivity contribution < 1.29 is 14.3 Å². The fraction of sp³-hybridized carbons (Fsp3) is 0.200. The molecule has 1 heterocycles. The molecule has 1 unspecified atom stereocenters. The Bertz CT molecular complexity index is 1120. The lowest BCUT2D eigenvalue weighted by Crippen LogP contribution is -2.19. The highest BCUT2D eigenvalue weighted by molar-refractivity contribution is 6.19. The van der Waals surface area contributed by atoms with Crippen LogP contribution < -0.4 is 14.5 Å². The average Bonchev–Trinajstić information content (AvgIpc) is 3.38. The van der Waals surface area contributed by atoms with Gasteiger partial charge in [-0.05, 0) is 54.3 Å². The van der Waals surface area contributed by atoms with Crippen LogP contribution in [0.1, 0.15) is 35.6 Å². The summed E-state index contributed by atoms with van der Waals surface area (Å²) >= 11 is 0. The molecule has 0 aromatic heterocycles. The molecular weight excluding hydrogens is 376 g/mol. The van der Waals surface area contributed by atoms with Crippen LogP contribution >= 0.6 is 0 Å². The number of fused-ring (bicyclic) bond motifs is 1. The van der Waals surface area contributed by atoms with E-state index in [1.165, 1.54) is 16.1 Å². The lowest BCUT2D eigenvalue weighted by Gasteiger charge is -2.18. The topological polar surface area (TPSA) is 51.1 Å². The highest BCUT2D eigenvalue weighted by Crippen LogP contribution is 2.39. The summed E-state index contributed by atoms with van der Waals surface area (Å²) in [5.74, 6) is 1.30. The van der Waals surface area contributed by atoms with Crippen molar-refractivity contribution in [2.75, 3.05) is 12.1 Å². The number of para-hydroxylation sites is 1. The summed E-state index contributed by atoms with van der Waals surface area (Å²) in [5, 5.41) is 6.04. The smallest absolute Gasteiger partial charge is 0.253 e. The zero-order valence-corrected chi connectivity index (χ0v) is 16.7. The van der Waals surface area contributed by atoms with Crippen LogP contribution in [0.2, 0.25) is 0 Å². The largest absolute Gasteiger partial charge is 0.493 e. The number of amides is 1. The first-order valence-electron chi connectivity index (χ1n) is 10.1. The van der Waals surface area contributed by atoms with Gasteiger partial charge in [0.15, 0.2) is 11.5 Å². The second kappa shape index (κ2) is 7.67. The number of carbonyl (C=O) groups excluding carboxylic acids is 1. The van der Waals surface area contributed by atoms with Gasteiger partial charge in [0.25, 0.3) is 5.91 Å². The highest BCUT2D eigenvalue weighted by atomic mass is 16.5. The standard InChI is InChI=1S/C25H22N2O3/c1-29-23-14-12-18(21-16-25(28)27(26-21)19-8-3-2-4-9-19)15-24(23)30-22-13-11-17-7-5-6-10-20(17)22/h2-10,12,14-15,22H,11,13,16H2,1H3. The predicted molar refractivity (Wildman–Crippen MR) is 116 cm³/mol. The molecule has 0 N–H and O–H groups in total. The van der Waals surface area contributed by atoms with E-state index < -0.39 is 0 Å². The van der Waals surface area contributed by atoms with Crippen molar-refractivity contribution in [1.29, 1.82) is 0 Å². The van der Waals surface area contributed by atoms with Gasteiger partial charge >= 0.3 is 0 Å². The van der Waals surface area contributed by atoms with Crippen LogP contribution in [-0.4, -0.2) is 18.7 Å². The van der Waals surface area contributed by atoms with Crippen LogP contribution in [0.15, 0.2) is 77.9 Å². The van der Waals surface area contributed by atoms with E-state index in [-0.39, 0.29) is 18.4 Å². The van der Waals surface area contributed by atoms with Crippen LogP contribution in [0.5, 0.6) is 11.5 Å². The molecule has 0 spiro atoms. The van der Waals surface area contributed by atoms with Gasteiger partial charge in [-0.3, -0.25) is 4.79 Å². The van der Waals surface area contributed by atoms with Gasteiger partial charge < -0.3 is 9.47 Å². The van der Waals surface area contributed by atoms with E-state index in [2.05, 4.69) is 23.3 Å². The summed E-state index contributed by atoms with van der Waals surface area (Å²) in [5.41, 5.74) is 4.92. The zero-order chi connectivity index (χ0) is 20.5. The monoisotopic (exact) mass is 398 g/mol. The molecule has 0 fully saturated rings. The summed E-state index contributed by atoms with van der Waals surface area (Å²) in [6.45, 7) is 0. The van der Waals surface area contributed by atoms with Crippen molar-refractivity contribution in [3.05, 3.63) is 89.5 Å². The number of ether oxygens (including phenoxy) is 2. The van der Waals surface area contributed by atoms with Gasteiger partial charge in [-0.25, -0.2) is 5.01 Å². The number of rotatable bonds is 5. The molecule has 150 valence electrons. The first-order chi connectivity index (χ1) is 14.7. The number of aryl methyl sites for hydroxylation is 1. The molecule has 3 aromatic rings. The maximum absolute atomic E-state index is 12.5. The molecule has 1 amide bonds. The molecule has 5 rings (SSSR count). The normalized spacial score (nSPS) is 17.6. The number of hydrazone groups is 1. The number of carbonyl (C=O) groups is 1. The Hall–Kier alpha value is -3.60. The van der Waals surface area contributed by atoms with E-state index in [0.717, 1.165) is 29.8 Å². The summed E-state index contributed by atoms with van der Waals surface area (Å²) in [6, 6.07) is 23.6. The summed E-state index contributed by atoms with van der Waals surface area (Å²) in [6.07, 6.45) is 2.20. The third kappa shape index (κ3) is 3.32. The van der Waals surface area contributed by atoms with E-state index in [0.29, 0.717) is 11.5 Å². The average molecular weight is 398 g/mol. The fourth-order valence-electron chi connectivity index (χ4n) is 4.10. The Morgan fingerprint density at radius 1 is 0.967 bits per heavy atom. The molecule has 3 aromatic carbocycles. The first kappa shape index (κ1) is 18.4. The van der Waals surface area contributed by atoms with Crippen LogP contribution in [0.3, 0.4) is 0 Å². The van der Waals surface area contributed by atoms with Crippen molar-refractivity contribution in [2.45, 2.75) is 25.4 Å². The summed E-state index contributed by atoms with van der Waals surface area (Å²) in [4.78, 5) is 12.5. The van der Waals surface area contributed by atoms with Gasteiger partial charge in [0.2, 0.25) is 0 Å². The van der Waals surface area contributed by atoms with E-state index >= 15 is 0 Å². The quantitative estimate of drug-likeness (QED) is 0.614. The van der Waals surface area contributed by atoms with Gasteiger partial charge in [0.05, 0.1) is 24.9 Å². The predicted octanol–water partition coefficient (Wildman–Crippen LogP) is 4.90. The summed E-state index contributed by atoms with van der Waals surface area (Å²) < 4.78 is 11.9. The molecule has 1 aliphatic carbocycles. The van der Waals surface area contributed by atoms with Crippen molar-refractivity contribution in [2.24, 2.45) is 5.10 Å². The van der Waals surface area contributed by atoms with Gasteiger partial charge in [0.1, 0.15) is 6.10 Å². The Balaban J connectivity index is 1.45. The molecule has 0 bridgehead atoms. The minimum Gasteiger partial charge on any atom is -0.493 e. The van der Waals surface area contributed by atoms with Crippen molar-refractivity contribution in [3.8, 4) is 11.5 Å². The third-order valence-electron chi connectivity index (χ3n) is 5.62. The van der Waals surface area contributed by atoms with Crippen molar-refractivity contribution >= 4 is 17.3 Å². The van der Waals surface area contributed by atoms with E-state index in [1.807, 2.05) is 54.6 Å². The molecular formula is C25H22N2O3. The molecule has 0 saturated heterocycles. The molecule has 5 heteroatoms. The maximum atomic E-state index is 12.5. The van der Waals surface area contributed by atoms with Gasteiger partial charge in [-0.2, -0.15) is 5.10 Å². The number of benzene rings is 3. The minimum absolute atomic E-state index is 0.00156. The number of hydrogen-bond acceptors (Lipinski definition) is 4. The van der Waals surface area contributed by atoms with Crippen LogP contribution in [-0.2, 0) is 11.2 Å². The van der Waals surface area contributed by atoms with Gasteiger partial charge in [-0.15, -0.1) is 0 Å². The molecule has 1 atom stereocenters. The lowest BCUT2D eigenvalue weighted by atomic mass is 10.1. The molecule has 0 radical (unpaired) electrons. The van der Waals surface area contributed by atoms with Gasteiger partial charge in [0, 0.05) is 5.56 Å². The molecule has 0 saturated carbocycles. The van der Waals surface area contributed by atoms with E-state index in [9.17, 15) is 4.79 Å². The number of anilines is 1. The highest BCUT2D eigenvalue weighted by Gasteiger charge is 2.28. The third-order valence-corrected chi connectivity index (χ3v) is 5.62. The minimum atomic E-state index is -0.0424. The maximum Gasteiger partial charge on any atom is 0.253 e. The molecule has 1 aliphatic heterocycles. The number of methoxy groups -OCH3 is 1. The molecule has 30 heavy (non-hydrogen) atoms. The second-order valence-electron chi connectivity index (χ2n) is 7.47. The summed E-state index contributed by atoms with van der Waals surface area (Å²) in [7, 11) is 1.64. The molecule has 2 aliphatic rings. The van der Waals surface area contributed by atoms with Gasteiger partial charge in [-0.1, -0.05) is 42.5 Å². The second-order valence-corrected chi connectivity index (χ2v) is 7.47. The van der Waals surface area contributed by atoms with Crippen molar-refractivity contribution in [1.82, 2.24) is 0 Å². The van der Waals surface area contributed by atoms with Crippen LogP contribution in [0, 0.1) is 0 Å².